The summed E-state index contributed by atoms with van der Waals surface area (Å²) in [6.07, 6.45) is 3.14. The van der Waals surface area contributed by atoms with Crippen LogP contribution in [-0.2, 0) is 4.74 Å². The highest BCUT2D eigenvalue weighted by atomic mass is 16.6. The fourth-order valence-electron chi connectivity index (χ4n) is 4.09. The average molecular weight is 371 g/mol. The Balaban J connectivity index is 1.41. The van der Waals surface area contributed by atoms with E-state index in [0.717, 1.165) is 18.4 Å². The fraction of sp³-hybridized carbons (Fsp3) is 0.579. The molecule has 2 aliphatic heterocycles. The van der Waals surface area contributed by atoms with Crippen LogP contribution in [0.1, 0.15) is 49.9 Å². The van der Waals surface area contributed by atoms with E-state index in [1.807, 2.05) is 9.80 Å². The van der Waals surface area contributed by atoms with E-state index in [0.29, 0.717) is 43.6 Å². The quantitative estimate of drug-likeness (QED) is 0.892. The summed E-state index contributed by atoms with van der Waals surface area (Å²) in [6, 6.07) is 5.52. The maximum atomic E-state index is 12.8. The van der Waals surface area contributed by atoms with Gasteiger partial charge >= 0.3 is 6.09 Å². The number of hydrogen-bond acceptors (Lipinski definition) is 5. The number of carbonyl (C=O) groups is 2. The predicted octanol–water partition coefficient (Wildman–Crippen LogP) is 2.57. The van der Waals surface area contributed by atoms with Gasteiger partial charge in [-0.05, 0) is 31.5 Å². The number of nitrogens with one attached hydrogen (secondary N) is 1. The SMILES string of the molecule is CCC[C@H](C)N1CC2(CCN(C(=O)c3ccc4n[nH]nc4c3)CC2)OC1=O. The number of likely N-dealkylation sites (tertiary alicyclic amines) is 1. The van der Waals surface area contributed by atoms with Gasteiger partial charge in [0.25, 0.3) is 5.91 Å². The Morgan fingerprint density at radius 1 is 1.30 bits per heavy atom. The minimum absolute atomic E-state index is 0.0183. The molecule has 8 heteroatoms. The van der Waals surface area contributed by atoms with Crippen LogP contribution in [0, 0.1) is 0 Å². The van der Waals surface area contributed by atoms with Crippen LogP contribution in [0.3, 0.4) is 0 Å². The van der Waals surface area contributed by atoms with Gasteiger partial charge in [0.05, 0.1) is 6.54 Å². The zero-order valence-electron chi connectivity index (χ0n) is 15.8. The molecule has 0 bridgehead atoms. The van der Waals surface area contributed by atoms with Gasteiger partial charge < -0.3 is 14.5 Å². The number of benzene rings is 1. The number of hydrogen-bond donors (Lipinski definition) is 1. The molecule has 144 valence electrons. The summed E-state index contributed by atoms with van der Waals surface area (Å²) in [4.78, 5) is 28.8. The molecule has 27 heavy (non-hydrogen) atoms. The van der Waals surface area contributed by atoms with Gasteiger partial charge in [0.1, 0.15) is 16.6 Å². The molecule has 0 aliphatic carbocycles. The summed E-state index contributed by atoms with van der Waals surface area (Å²) in [7, 11) is 0. The lowest BCUT2D eigenvalue weighted by Gasteiger charge is -2.37. The molecule has 1 aromatic heterocycles. The first kappa shape index (κ1) is 17.8. The number of nitrogens with zero attached hydrogens (tertiary/aromatic N) is 4. The number of fused-ring (bicyclic) bond motifs is 1. The van der Waals surface area contributed by atoms with Crippen molar-refractivity contribution in [1.29, 1.82) is 0 Å². The molecule has 1 aromatic carbocycles. The third kappa shape index (κ3) is 3.24. The summed E-state index contributed by atoms with van der Waals surface area (Å²) >= 11 is 0. The third-order valence-electron chi connectivity index (χ3n) is 5.76. The van der Waals surface area contributed by atoms with Crippen molar-refractivity contribution in [3.8, 4) is 0 Å². The Morgan fingerprint density at radius 3 is 2.78 bits per heavy atom. The van der Waals surface area contributed by atoms with Crippen LogP contribution < -0.4 is 0 Å². The van der Waals surface area contributed by atoms with E-state index >= 15 is 0 Å². The lowest BCUT2D eigenvalue weighted by molar-refractivity contribution is 0.00307. The van der Waals surface area contributed by atoms with E-state index in [4.69, 9.17) is 4.74 Å². The summed E-state index contributed by atoms with van der Waals surface area (Å²) in [5.74, 6) is -0.0183. The van der Waals surface area contributed by atoms with E-state index in [9.17, 15) is 9.59 Å². The number of H-pyrrole nitrogens is 1. The molecule has 1 atom stereocenters. The van der Waals surface area contributed by atoms with Crippen LogP contribution in [0.2, 0.25) is 0 Å². The van der Waals surface area contributed by atoms with E-state index in [2.05, 4.69) is 29.3 Å². The van der Waals surface area contributed by atoms with Crippen molar-refractivity contribution in [2.45, 2.75) is 51.2 Å². The molecular weight excluding hydrogens is 346 g/mol. The maximum absolute atomic E-state index is 12.8. The normalized spacial score (nSPS) is 20.3. The minimum atomic E-state index is -0.452. The molecule has 2 amide bonds. The molecule has 0 radical (unpaired) electrons. The number of carbonyl (C=O) groups excluding carboxylic acids is 2. The number of ether oxygens (including phenoxy) is 1. The van der Waals surface area contributed by atoms with Crippen molar-refractivity contribution >= 4 is 23.0 Å². The number of aromatic nitrogens is 3. The molecular formula is C19H25N5O3. The van der Waals surface area contributed by atoms with Gasteiger partial charge in [0, 0.05) is 37.5 Å². The van der Waals surface area contributed by atoms with Crippen molar-refractivity contribution in [2.24, 2.45) is 0 Å². The van der Waals surface area contributed by atoms with Crippen LogP contribution in [0.4, 0.5) is 4.79 Å². The summed E-state index contributed by atoms with van der Waals surface area (Å²) < 4.78 is 5.78. The molecule has 2 saturated heterocycles. The van der Waals surface area contributed by atoms with E-state index < -0.39 is 5.60 Å². The first-order chi connectivity index (χ1) is 13.0. The van der Waals surface area contributed by atoms with Crippen LogP contribution >= 0.6 is 0 Å². The van der Waals surface area contributed by atoms with Crippen LogP contribution in [0.25, 0.3) is 11.0 Å². The smallest absolute Gasteiger partial charge is 0.410 e. The summed E-state index contributed by atoms with van der Waals surface area (Å²) in [6.45, 7) is 5.98. The van der Waals surface area contributed by atoms with E-state index in [1.165, 1.54) is 0 Å². The molecule has 4 rings (SSSR count). The highest BCUT2D eigenvalue weighted by Gasteiger charge is 2.48. The van der Waals surface area contributed by atoms with Crippen molar-refractivity contribution in [2.75, 3.05) is 19.6 Å². The van der Waals surface area contributed by atoms with Crippen molar-refractivity contribution in [3.05, 3.63) is 23.8 Å². The predicted molar refractivity (Wildman–Crippen MR) is 99.3 cm³/mol. The number of aromatic amines is 1. The fourth-order valence-corrected chi connectivity index (χ4v) is 4.09. The van der Waals surface area contributed by atoms with Gasteiger partial charge in [-0.1, -0.05) is 13.3 Å². The highest BCUT2D eigenvalue weighted by Crippen LogP contribution is 2.35. The van der Waals surface area contributed by atoms with Gasteiger partial charge in [-0.2, -0.15) is 15.4 Å². The molecule has 0 unspecified atom stereocenters. The van der Waals surface area contributed by atoms with E-state index in [-0.39, 0.29) is 18.0 Å². The molecule has 2 aromatic rings. The molecule has 1 N–H and O–H groups in total. The molecule has 2 aliphatic rings. The molecule has 3 heterocycles. The maximum Gasteiger partial charge on any atom is 0.410 e. The molecule has 0 saturated carbocycles. The first-order valence-electron chi connectivity index (χ1n) is 9.61. The second-order valence-corrected chi connectivity index (χ2v) is 7.64. The lowest BCUT2D eigenvalue weighted by atomic mass is 9.90. The van der Waals surface area contributed by atoms with E-state index in [1.54, 1.807) is 18.2 Å². The Labute approximate surface area is 157 Å². The van der Waals surface area contributed by atoms with Crippen LogP contribution in [0.5, 0.6) is 0 Å². The van der Waals surface area contributed by atoms with Crippen LogP contribution in [0.15, 0.2) is 18.2 Å². The Kier molecular flexibility index (Phi) is 4.49. The monoisotopic (exact) mass is 371 g/mol. The Hall–Kier alpha value is -2.64. The molecule has 1 spiro atoms. The summed E-state index contributed by atoms with van der Waals surface area (Å²) in [5.41, 5.74) is 1.57. The lowest BCUT2D eigenvalue weighted by Crippen LogP contribution is -2.49. The highest BCUT2D eigenvalue weighted by molar-refractivity contribution is 5.97. The third-order valence-corrected chi connectivity index (χ3v) is 5.76. The Bertz CT molecular complexity index is 856. The first-order valence-corrected chi connectivity index (χ1v) is 9.61. The second-order valence-electron chi connectivity index (χ2n) is 7.64. The zero-order valence-corrected chi connectivity index (χ0v) is 15.8. The largest absolute Gasteiger partial charge is 0.441 e. The van der Waals surface area contributed by atoms with Gasteiger partial charge in [-0.15, -0.1) is 0 Å². The number of amides is 2. The standard InChI is InChI=1S/C19H25N5O3/c1-3-4-13(2)24-12-19(27-18(24)26)7-9-23(10-8-19)17(25)14-5-6-15-16(11-14)21-22-20-15/h5-6,11,13H,3-4,7-10,12H2,1-2H3,(H,20,21,22)/t13-/m0/s1. The second kappa shape index (κ2) is 6.83. The van der Waals surface area contributed by atoms with Crippen LogP contribution in [-0.4, -0.2) is 68.5 Å². The average Bonchev–Trinajstić information content (AvgIpc) is 3.26. The number of piperidine rings is 1. The van der Waals surface area contributed by atoms with Gasteiger partial charge in [-0.25, -0.2) is 4.79 Å². The zero-order chi connectivity index (χ0) is 19.0. The molecule has 8 nitrogen and oxygen atoms in total. The van der Waals surface area contributed by atoms with Crippen molar-refractivity contribution < 1.29 is 14.3 Å². The Morgan fingerprint density at radius 2 is 2.04 bits per heavy atom. The minimum Gasteiger partial charge on any atom is -0.441 e. The van der Waals surface area contributed by atoms with Gasteiger partial charge in [0.2, 0.25) is 0 Å². The number of rotatable bonds is 4. The van der Waals surface area contributed by atoms with Crippen molar-refractivity contribution in [1.82, 2.24) is 25.2 Å². The molecule has 2 fully saturated rings. The topological polar surface area (TPSA) is 91.4 Å². The van der Waals surface area contributed by atoms with Gasteiger partial charge in [0.15, 0.2) is 0 Å². The van der Waals surface area contributed by atoms with Gasteiger partial charge in [-0.3, -0.25) is 4.79 Å². The summed E-state index contributed by atoms with van der Waals surface area (Å²) in [5, 5.41) is 10.6. The van der Waals surface area contributed by atoms with Crippen molar-refractivity contribution in [3.63, 3.8) is 0 Å².